The third kappa shape index (κ3) is 8.36. The number of nitrogens with zero attached hydrogens (tertiary/aromatic N) is 4. The molecule has 5 rings (SSSR count). The van der Waals surface area contributed by atoms with E-state index in [1.54, 1.807) is 42.7 Å². The van der Waals surface area contributed by atoms with Crippen molar-refractivity contribution in [3.8, 4) is 11.1 Å². The van der Waals surface area contributed by atoms with Gasteiger partial charge in [-0.25, -0.2) is 4.39 Å². The van der Waals surface area contributed by atoms with Crippen LogP contribution in [0.4, 0.5) is 17.6 Å². The molecule has 4 aromatic rings. The van der Waals surface area contributed by atoms with E-state index >= 15 is 0 Å². The van der Waals surface area contributed by atoms with Crippen molar-refractivity contribution in [3.63, 3.8) is 0 Å². The molecule has 1 aromatic heterocycles. The number of aromatic nitrogens is 2. The Hall–Kier alpha value is -3.96. The predicted octanol–water partition coefficient (Wildman–Crippen LogP) is 7.78. The number of carbonyl (C=O) groups is 1. The lowest BCUT2D eigenvalue weighted by molar-refractivity contribution is -0.137. The molecule has 0 bridgehead atoms. The number of carbonyl (C=O) groups excluding carboxylic acids is 1. The fourth-order valence-electron chi connectivity index (χ4n) is 5.51. The number of halogens is 4. The summed E-state index contributed by atoms with van der Waals surface area (Å²) in [5.74, 6) is -1.09. The number of hydrogen-bond donors (Lipinski definition) is 0. The molecule has 1 atom stereocenters. The molecule has 0 aliphatic heterocycles. The van der Waals surface area contributed by atoms with Gasteiger partial charge in [-0.15, -0.1) is 0 Å². The fourth-order valence-corrected chi connectivity index (χ4v) is 6.48. The van der Waals surface area contributed by atoms with Crippen molar-refractivity contribution in [1.29, 1.82) is 0 Å². The Bertz CT molecular complexity index is 1990. The molecular weight excluding hydrogens is 640 g/mol. The van der Waals surface area contributed by atoms with Crippen LogP contribution >= 0.6 is 11.8 Å². The van der Waals surface area contributed by atoms with E-state index in [4.69, 9.17) is 2.74 Å². The summed E-state index contributed by atoms with van der Waals surface area (Å²) >= 11 is 1.14. The van der Waals surface area contributed by atoms with Crippen LogP contribution in [0.2, 0.25) is 0 Å². The van der Waals surface area contributed by atoms with Crippen molar-refractivity contribution in [2.45, 2.75) is 69.7 Å². The van der Waals surface area contributed by atoms with Gasteiger partial charge < -0.3 is 14.4 Å². The molecule has 1 aliphatic rings. The van der Waals surface area contributed by atoms with Gasteiger partial charge in [0.25, 0.3) is 5.56 Å². The maximum Gasteiger partial charge on any atom is 0.416 e. The lowest BCUT2D eigenvalue weighted by Crippen LogP contribution is -2.42. The van der Waals surface area contributed by atoms with Crippen LogP contribution < -0.4 is 5.56 Å². The maximum absolute atomic E-state index is 14.7. The van der Waals surface area contributed by atoms with Gasteiger partial charge in [0, 0.05) is 32.7 Å². The highest BCUT2D eigenvalue weighted by Gasteiger charge is 2.30. The van der Waals surface area contributed by atoms with Gasteiger partial charge in [0.05, 0.1) is 15.7 Å². The standard InChI is InChI=1S/C37H40F4N4O2S/c1-4-43(5-2)21-22-44(25(3)27-11-13-28(14-12-27)29-15-17-30(18-16-29)37(39,40)41)34(46)23-45-33-8-6-7-32(33)35(47)42-36(45)48-24-26-9-19-31(38)20-10-26/h9-20,25H,4-8,21-24H2,1-3H3/i21D2,22D2,25D. The molecule has 1 amide bonds. The largest absolute Gasteiger partial charge is 0.416 e. The van der Waals surface area contributed by atoms with Crippen molar-refractivity contribution in [2.75, 3.05) is 26.1 Å². The van der Waals surface area contributed by atoms with Crippen LogP contribution in [0.5, 0.6) is 0 Å². The Morgan fingerprint density at radius 1 is 0.979 bits per heavy atom. The molecule has 0 fully saturated rings. The molecule has 0 N–H and O–H groups in total. The Kier molecular flexibility index (Phi) is 9.37. The zero-order chi connectivity index (χ0) is 38.9. The van der Waals surface area contributed by atoms with Crippen LogP contribution in [0.1, 0.15) is 68.0 Å². The molecule has 0 spiro atoms. The summed E-state index contributed by atoms with van der Waals surface area (Å²) in [5, 5.41) is 0.174. The highest BCUT2D eigenvalue weighted by atomic mass is 32.2. The van der Waals surface area contributed by atoms with E-state index in [9.17, 15) is 31.3 Å². The predicted molar refractivity (Wildman–Crippen MR) is 181 cm³/mol. The number of benzene rings is 3. The summed E-state index contributed by atoms with van der Waals surface area (Å²) < 4.78 is 101. The van der Waals surface area contributed by atoms with Crippen molar-refractivity contribution in [1.82, 2.24) is 19.4 Å². The first-order valence-corrected chi connectivity index (χ1v) is 16.7. The third-order valence-corrected chi connectivity index (χ3v) is 9.34. The van der Waals surface area contributed by atoms with Gasteiger partial charge in [0.2, 0.25) is 5.91 Å². The first-order chi connectivity index (χ1) is 24.8. The Morgan fingerprint density at radius 3 is 2.21 bits per heavy atom. The van der Waals surface area contributed by atoms with Crippen molar-refractivity contribution in [3.05, 3.63) is 117 Å². The molecule has 3 aromatic carbocycles. The zero-order valence-electron chi connectivity index (χ0n) is 31.9. The van der Waals surface area contributed by atoms with E-state index in [1.807, 2.05) is 0 Å². The van der Waals surface area contributed by atoms with Gasteiger partial charge in [-0.3, -0.25) is 9.59 Å². The number of likely N-dealkylation sites (N-methyl/N-ethyl adjacent to an activating group) is 1. The Balaban J connectivity index is 1.57. The molecule has 0 saturated carbocycles. The molecule has 11 heteroatoms. The second-order valence-electron chi connectivity index (χ2n) is 11.3. The van der Waals surface area contributed by atoms with Crippen LogP contribution in [-0.2, 0) is 36.1 Å². The van der Waals surface area contributed by atoms with Gasteiger partial charge in [-0.2, -0.15) is 18.2 Å². The molecule has 1 heterocycles. The second-order valence-corrected chi connectivity index (χ2v) is 12.3. The molecule has 6 nitrogen and oxygen atoms in total. The first-order valence-electron chi connectivity index (χ1n) is 18.2. The fraction of sp³-hybridized carbons (Fsp3) is 0.378. The topological polar surface area (TPSA) is 58.4 Å². The SMILES string of the molecule is [2H]C(C)(c1ccc(-c2ccc(C(F)(F)F)cc2)cc1)N(C(=O)Cn1c(SCc2ccc(F)cc2)nc(=O)c2c1CCC2)C([2H])([2H])C([2H])([2H])N(CC)CC. The summed E-state index contributed by atoms with van der Waals surface area (Å²) in [6.45, 7) is -1.65. The Labute approximate surface area is 289 Å². The zero-order valence-corrected chi connectivity index (χ0v) is 27.7. The highest BCUT2D eigenvalue weighted by molar-refractivity contribution is 7.98. The van der Waals surface area contributed by atoms with Gasteiger partial charge in [-0.1, -0.05) is 74.1 Å². The number of hydrogen-bond acceptors (Lipinski definition) is 5. The number of alkyl halides is 3. The molecule has 0 radical (unpaired) electrons. The minimum atomic E-state index is -4.51. The van der Waals surface area contributed by atoms with E-state index in [1.165, 1.54) is 48.2 Å². The van der Waals surface area contributed by atoms with E-state index < -0.39 is 54.6 Å². The van der Waals surface area contributed by atoms with E-state index in [0.717, 1.165) is 29.5 Å². The average molecular weight is 686 g/mol. The van der Waals surface area contributed by atoms with Crippen LogP contribution in [0, 0.1) is 5.82 Å². The number of fused-ring (bicyclic) bond motifs is 1. The van der Waals surface area contributed by atoms with E-state index in [0.29, 0.717) is 46.5 Å². The second kappa shape index (κ2) is 15.5. The summed E-state index contributed by atoms with van der Waals surface area (Å²) in [7, 11) is 0. The first kappa shape index (κ1) is 29.0. The van der Waals surface area contributed by atoms with Crippen LogP contribution in [-0.4, -0.2) is 51.3 Å². The van der Waals surface area contributed by atoms with Gasteiger partial charge in [0.15, 0.2) is 5.16 Å². The van der Waals surface area contributed by atoms with Crippen molar-refractivity contribution in [2.24, 2.45) is 0 Å². The van der Waals surface area contributed by atoms with Gasteiger partial charge in [0.1, 0.15) is 12.4 Å². The molecule has 0 saturated heterocycles. The molecule has 1 unspecified atom stereocenters. The highest BCUT2D eigenvalue weighted by Crippen LogP contribution is 2.32. The van der Waals surface area contributed by atoms with Crippen molar-refractivity contribution < 1.29 is 29.2 Å². The molecule has 254 valence electrons. The summed E-state index contributed by atoms with van der Waals surface area (Å²) in [6.07, 6.45) is -2.99. The molecule has 1 aliphatic carbocycles. The van der Waals surface area contributed by atoms with Gasteiger partial charge in [-0.05, 0) is 85.8 Å². The van der Waals surface area contributed by atoms with Crippen molar-refractivity contribution >= 4 is 17.7 Å². The third-order valence-electron chi connectivity index (χ3n) is 8.29. The maximum atomic E-state index is 14.7. The number of amides is 1. The minimum Gasteiger partial charge on any atom is -0.333 e. The van der Waals surface area contributed by atoms with Gasteiger partial charge >= 0.3 is 6.18 Å². The molecule has 48 heavy (non-hydrogen) atoms. The van der Waals surface area contributed by atoms with E-state index in [-0.39, 0.29) is 29.6 Å². The van der Waals surface area contributed by atoms with Crippen LogP contribution in [0.25, 0.3) is 11.1 Å². The number of thioether (sulfide) groups is 1. The summed E-state index contributed by atoms with van der Waals surface area (Å²) in [5.41, 5.74) is 1.56. The summed E-state index contributed by atoms with van der Waals surface area (Å²) in [4.78, 5) is 33.8. The normalized spacial score (nSPS) is 16.3. The lowest BCUT2D eigenvalue weighted by Gasteiger charge is -2.33. The molecular formula is C37H40F4N4O2S. The van der Waals surface area contributed by atoms with Crippen LogP contribution in [0.15, 0.2) is 82.7 Å². The summed E-state index contributed by atoms with van der Waals surface area (Å²) in [6, 6.07) is 14.1. The average Bonchev–Trinajstić information content (AvgIpc) is 3.60. The number of rotatable bonds is 13. The van der Waals surface area contributed by atoms with Crippen LogP contribution in [0.3, 0.4) is 0 Å². The smallest absolute Gasteiger partial charge is 0.333 e. The minimum absolute atomic E-state index is 0.100. The quantitative estimate of drug-likeness (QED) is 0.0818. The Morgan fingerprint density at radius 2 is 1.60 bits per heavy atom. The lowest BCUT2D eigenvalue weighted by atomic mass is 9.99. The monoisotopic (exact) mass is 685 g/mol. The van der Waals surface area contributed by atoms with E-state index in [2.05, 4.69) is 4.98 Å².